The monoisotopic (exact) mass is 213 g/mol. The number of hydrogen-bond donors (Lipinski definition) is 0. The summed E-state index contributed by atoms with van der Waals surface area (Å²) in [6.45, 7) is 0. The van der Waals surface area contributed by atoms with E-state index >= 15 is 0 Å². The van der Waals surface area contributed by atoms with Gasteiger partial charge in [-0.25, -0.2) is 0 Å². The van der Waals surface area contributed by atoms with E-state index in [0.29, 0.717) is 6.42 Å². The first kappa shape index (κ1) is 7.10. The molecule has 0 N–H and O–H groups in total. The molecule has 0 saturated carbocycles. The highest BCUT2D eigenvalue weighted by atomic mass is 79.9. The van der Waals surface area contributed by atoms with Crippen LogP contribution in [0.3, 0.4) is 0 Å². The van der Waals surface area contributed by atoms with Gasteiger partial charge in [-0.1, -0.05) is 0 Å². The Kier molecular flexibility index (Phi) is 1.60. The largest absolute Gasteiger partial charge is 0.294 e. The number of ketones is 1. The van der Waals surface area contributed by atoms with Crippen molar-refractivity contribution in [3.8, 4) is 0 Å². The number of fused-ring (bicyclic) bond motifs is 1. The second-order valence-corrected chi connectivity index (χ2v) is 3.53. The molecule has 0 aliphatic heterocycles. The molecule has 0 bridgehead atoms. The van der Waals surface area contributed by atoms with Gasteiger partial charge in [0.15, 0.2) is 5.78 Å². The maximum atomic E-state index is 11.3. The number of halogens is 1. The van der Waals surface area contributed by atoms with Crippen LogP contribution in [-0.4, -0.2) is 9.38 Å². The van der Waals surface area contributed by atoms with Crippen molar-refractivity contribution in [3.63, 3.8) is 0 Å². The van der Waals surface area contributed by atoms with E-state index in [9.17, 15) is 4.79 Å². The molecule has 0 aromatic carbocycles. The molecule has 58 valence electrons. The molecule has 0 saturated heterocycles. The van der Waals surface area contributed by atoms with Crippen molar-refractivity contribution < 1.29 is 4.79 Å². The average molecular weight is 214 g/mol. The van der Waals surface area contributed by atoms with Gasteiger partial charge in [0.1, 0.15) is 0 Å². The molecule has 1 aliphatic carbocycles. The third-order valence-corrected chi connectivity index (χ3v) is 2.72. The predicted octanol–water partition coefficient (Wildman–Crippen LogP) is 2.17. The Balaban J connectivity index is 2.55. The van der Waals surface area contributed by atoms with Gasteiger partial charge in [0.2, 0.25) is 0 Å². The number of rotatable bonds is 0. The predicted molar refractivity (Wildman–Crippen MR) is 46.0 cm³/mol. The molecular weight excluding hydrogens is 206 g/mol. The molecule has 1 aromatic rings. The van der Waals surface area contributed by atoms with Crippen molar-refractivity contribution in [2.45, 2.75) is 19.3 Å². The van der Waals surface area contributed by atoms with Gasteiger partial charge < -0.3 is 0 Å². The molecule has 0 spiro atoms. The van der Waals surface area contributed by atoms with Gasteiger partial charge >= 0.3 is 0 Å². The molecule has 0 radical (unpaired) electrons. The standard InChI is InChI=1S/C8H8BrNO/c9-10-5-4-6-7(10)2-1-3-8(6)11/h4-5H,1-3H2. The first-order valence-electron chi connectivity index (χ1n) is 3.68. The first-order valence-corrected chi connectivity index (χ1v) is 4.39. The van der Waals surface area contributed by atoms with Gasteiger partial charge in [0, 0.05) is 23.9 Å². The Bertz CT molecular complexity index is 303. The normalized spacial score (nSPS) is 16.6. The third kappa shape index (κ3) is 1.03. The summed E-state index contributed by atoms with van der Waals surface area (Å²) < 4.78 is 1.86. The quantitative estimate of drug-likeness (QED) is 0.648. The van der Waals surface area contributed by atoms with Crippen LogP contribution in [0, 0.1) is 0 Å². The number of hydrogen-bond acceptors (Lipinski definition) is 1. The molecule has 0 fully saturated rings. The topological polar surface area (TPSA) is 22.0 Å². The lowest BCUT2D eigenvalue weighted by atomic mass is 9.97. The van der Waals surface area contributed by atoms with Crippen LogP contribution < -0.4 is 0 Å². The highest BCUT2D eigenvalue weighted by molar-refractivity contribution is 9.08. The average Bonchev–Trinajstić information content (AvgIpc) is 2.35. The van der Waals surface area contributed by atoms with Crippen LogP contribution in [0.25, 0.3) is 0 Å². The lowest BCUT2D eigenvalue weighted by Gasteiger charge is -2.10. The van der Waals surface area contributed by atoms with Crippen molar-refractivity contribution in [1.29, 1.82) is 0 Å². The van der Waals surface area contributed by atoms with Gasteiger partial charge in [-0.05, 0) is 18.9 Å². The SMILES string of the molecule is O=C1CCCc2c1ccn2Br. The fourth-order valence-electron chi connectivity index (χ4n) is 1.49. The molecule has 3 heteroatoms. The summed E-state index contributed by atoms with van der Waals surface area (Å²) in [4.78, 5) is 11.3. The fraction of sp³-hybridized carbons (Fsp3) is 0.375. The van der Waals surface area contributed by atoms with E-state index in [0.717, 1.165) is 24.1 Å². The van der Waals surface area contributed by atoms with Gasteiger partial charge in [0.25, 0.3) is 0 Å². The van der Waals surface area contributed by atoms with Gasteiger partial charge in [0.05, 0.1) is 16.1 Å². The van der Waals surface area contributed by atoms with Gasteiger partial charge in [-0.3, -0.25) is 8.39 Å². The fourth-order valence-corrected chi connectivity index (χ4v) is 1.97. The lowest BCUT2D eigenvalue weighted by molar-refractivity contribution is 0.0972. The minimum atomic E-state index is 0.282. The van der Waals surface area contributed by atoms with E-state index in [-0.39, 0.29) is 5.78 Å². The highest BCUT2D eigenvalue weighted by Crippen LogP contribution is 2.23. The van der Waals surface area contributed by atoms with E-state index in [1.54, 1.807) is 0 Å². The maximum absolute atomic E-state index is 11.3. The summed E-state index contributed by atoms with van der Waals surface area (Å²) >= 11 is 3.34. The molecule has 1 heterocycles. The second kappa shape index (κ2) is 2.48. The zero-order valence-corrected chi connectivity index (χ0v) is 7.60. The molecule has 2 nitrogen and oxygen atoms in total. The van der Waals surface area contributed by atoms with Crippen molar-refractivity contribution in [3.05, 3.63) is 23.5 Å². The van der Waals surface area contributed by atoms with Crippen molar-refractivity contribution in [2.24, 2.45) is 0 Å². The zero-order chi connectivity index (χ0) is 7.84. The van der Waals surface area contributed by atoms with Crippen LogP contribution in [0.4, 0.5) is 0 Å². The van der Waals surface area contributed by atoms with Gasteiger partial charge in [-0.15, -0.1) is 0 Å². The van der Waals surface area contributed by atoms with E-state index in [2.05, 4.69) is 16.1 Å². The Hall–Kier alpha value is -0.570. The highest BCUT2D eigenvalue weighted by Gasteiger charge is 2.19. The third-order valence-electron chi connectivity index (χ3n) is 2.06. The van der Waals surface area contributed by atoms with Gasteiger partial charge in [-0.2, -0.15) is 0 Å². The molecular formula is C8H8BrNO. The van der Waals surface area contributed by atoms with Crippen LogP contribution in [0.5, 0.6) is 0 Å². The molecule has 0 atom stereocenters. The van der Waals surface area contributed by atoms with Crippen LogP contribution in [-0.2, 0) is 6.42 Å². The molecule has 0 amide bonds. The molecule has 1 aromatic heterocycles. The minimum Gasteiger partial charge on any atom is -0.294 e. The van der Waals surface area contributed by atoms with Crippen LogP contribution in [0.15, 0.2) is 12.3 Å². The first-order chi connectivity index (χ1) is 5.29. The number of nitrogens with zero attached hydrogens (tertiary/aromatic N) is 1. The number of carbonyl (C=O) groups is 1. The van der Waals surface area contributed by atoms with E-state index in [1.165, 1.54) is 0 Å². The second-order valence-electron chi connectivity index (χ2n) is 2.76. The smallest absolute Gasteiger partial charge is 0.164 e. The van der Waals surface area contributed by atoms with Crippen molar-refractivity contribution >= 4 is 21.9 Å². The molecule has 1 aliphatic rings. The van der Waals surface area contributed by atoms with E-state index in [4.69, 9.17) is 0 Å². The molecule has 0 unspecified atom stereocenters. The Morgan fingerprint density at radius 2 is 2.27 bits per heavy atom. The summed E-state index contributed by atoms with van der Waals surface area (Å²) in [5.74, 6) is 0.282. The van der Waals surface area contributed by atoms with Crippen molar-refractivity contribution in [2.75, 3.05) is 0 Å². The van der Waals surface area contributed by atoms with E-state index in [1.807, 2.05) is 15.9 Å². The minimum absolute atomic E-state index is 0.282. The number of carbonyl (C=O) groups excluding carboxylic acids is 1. The summed E-state index contributed by atoms with van der Waals surface area (Å²) in [6, 6.07) is 1.88. The number of Topliss-reactive ketones (excluding diaryl/α,β-unsaturated/α-hetero) is 1. The summed E-state index contributed by atoms with van der Waals surface area (Å²) in [5.41, 5.74) is 2.02. The molecule has 2 rings (SSSR count). The van der Waals surface area contributed by atoms with E-state index < -0.39 is 0 Å². The number of aromatic nitrogens is 1. The van der Waals surface area contributed by atoms with Crippen molar-refractivity contribution in [1.82, 2.24) is 3.59 Å². The Labute approximate surface area is 73.5 Å². The summed E-state index contributed by atoms with van der Waals surface area (Å²) in [5, 5.41) is 0. The van der Waals surface area contributed by atoms with Crippen LogP contribution >= 0.6 is 16.1 Å². The summed E-state index contributed by atoms with van der Waals surface area (Å²) in [7, 11) is 0. The molecule has 11 heavy (non-hydrogen) atoms. The summed E-state index contributed by atoms with van der Waals surface area (Å²) in [6.07, 6.45) is 4.60. The Morgan fingerprint density at radius 1 is 1.45 bits per heavy atom. The van der Waals surface area contributed by atoms with Crippen LogP contribution in [0.2, 0.25) is 0 Å². The zero-order valence-electron chi connectivity index (χ0n) is 6.01. The van der Waals surface area contributed by atoms with Crippen LogP contribution in [0.1, 0.15) is 28.9 Å². The maximum Gasteiger partial charge on any atom is 0.164 e. The lowest BCUT2D eigenvalue weighted by Crippen LogP contribution is -2.09. The Morgan fingerprint density at radius 3 is 3.00 bits per heavy atom.